The molecule has 0 fully saturated rings. The van der Waals surface area contributed by atoms with Crippen LogP contribution in [0.1, 0.15) is 28.4 Å². The van der Waals surface area contributed by atoms with Gasteiger partial charge in [0, 0.05) is 23.1 Å². The summed E-state index contributed by atoms with van der Waals surface area (Å²) in [5.74, 6) is -0.479. The highest BCUT2D eigenvalue weighted by Crippen LogP contribution is 2.24. The number of carboxylic acid groups (broad SMARTS) is 1. The number of nitrogens with one attached hydrogen (secondary N) is 3. The number of rotatable bonds is 6. The molecule has 4 aromatic rings. The summed E-state index contributed by atoms with van der Waals surface area (Å²) in [6.45, 7) is 3.74. The highest BCUT2D eigenvalue weighted by Gasteiger charge is 2.11. The number of aryl methyl sites for hydroxylation is 2. The number of aromatic amines is 1. The Labute approximate surface area is 170 Å². The van der Waals surface area contributed by atoms with E-state index in [1.807, 2.05) is 6.92 Å². The van der Waals surface area contributed by atoms with Crippen LogP contribution in [0, 0.1) is 6.92 Å². The summed E-state index contributed by atoms with van der Waals surface area (Å²) in [5.41, 5.74) is 4.29. The van der Waals surface area contributed by atoms with Gasteiger partial charge in [-0.05, 0) is 55.3 Å². The molecule has 30 heavy (non-hydrogen) atoms. The first-order valence-corrected chi connectivity index (χ1v) is 9.29. The molecular weight excluding hydrogens is 386 g/mol. The van der Waals surface area contributed by atoms with Gasteiger partial charge in [-0.3, -0.25) is 4.98 Å². The van der Waals surface area contributed by atoms with Crippen molar-refractivity contribution in [3.8, 4) is 0 Å². The van der Waals surface area contributed by atoms with Gasteiger partial charge >= 0.3 is 11.7 Å². The molecule has 9 heteroatoms. The molecule has 2 heterocycles. The number of aromatic nitrogens is 3. The van der Waals surface area contributed by atoms with E-state index in [9.17, 15) is 9.59 Å². The molecule has 0 saturated carbocycles. The number of H-pyrrole nitrogens is 1. The maximum atomic E-state index is 11.4. The second kappa shape index (κ2) is 7.70. The minimum Gasteiger partial charge on any atom is -0.478 e. The molecule has 0 bridgehead atoms. The van der Waals surface area contributed by atoms with Crippen molar-refractivity contribution in [3.63, 3.8) is 0 Å². The van der Waals surface area contributed by atoms with Crippen molar-refractivity contribution in [1.82, 2.24) is 15.0 Å². The predicted molar refractivity (Wildman–Crippen MR) is 113 cm³/mol. The summed E-state index contributed by atoms with van der Waals surface area (Å²) < 4.78 is 5.03. The average molecular weight is 405 g/mol. The first-order valence-electron chi connectivity index (χ1n) is 9.29. The van der Waals surface area contributed by atoms with Crippen molar-refractivity contribution in [2.75, 3.05) is 10.6 Å². The number of hydrogen-bond acceptors (Lipinski definition) is 7. The molecule has 2 aromatic heterocycles. The van der Waals surface area contributed by atoms with E-state index in [2.05, 4.69) is 25.6 Å². The van der Waals surface area contributed by atoms with Crippen molar-refractivity contribution in [2.45, 2.75) is 20.3 Å². The zero-order valence-corrected chi connectivity index (χ0v) is 16.3. The molecular formula is C21H19N5O4. The van der Waals surface area contributed by atoms with Gasteiger partial charge in [-0.2, -0.15) is 4.98 Å². The maximum absolute atomic E-state index is 11.4. The summed E-state index contributed by atoms with van der Waals surface area (Å²) in [5, 5.41) is 15.5. The van der Waals surface area contributed by atoms with E-state index in [1.165, 1.54) is 0 Å². The molecule has 152 valence electrons. The molecule has 2 aromatic carbocycles. The topological polar surface area (TPSA) is 133 Å². The maximum Gasteiger partial charge on any atom is 0.417 e. The molecule has 0 unspecified atom stereocenters. The quantitative estimate of drug-likeness (QED) is 0.379. The number of aromatic carboxylic acids is 1. The van der Waals surface area contributed by atoms with Crippen LogP contribution in [-0.4, -0.2) is 26.0 Å². The van der Waals surface area contributed by atoms with Crippen LogP contribution in [0.4, 0.5) is 23.1 Å². The fourth-order valence-corrected chi connectivity index (χ4v) is 3.11. The zero-order valence-electron chi connectivity index (χ0n) is 16.3. The van der Waals surface area contributed by atoms with E-state index in [0.717, 1.165) is 17.7 Å². The smallest absolute Gasteiger partial charge is 0.417 e. The highest BCUT2D eigenvalue weighted by molar-refractivity contribution is 5.90. The SMILES string of the molecule is CCc1cnc(Nc2ccc(C(=O)O)c(C)c2)nc1Nc1ccc2oc(=O)[nH]c2c1. The number of anilines is 4. The normalized spacial score (nSPS) is 10.9. The van der Waals surface area contributed by atoms with Gasteiger partial charge in [-0.15, -0.1) is 0 Å². The lowest BCUT2D eigenvalue weighted by Gasteiger charge is -2.13. The first-order chi connectivity index (χ1) is 14.4. The van der Waals surface area contributed by atoms with Crippen molar-refractivity contribution in [1.29, 1.82) is 0 Å². The lowest BCUT2D eigenvalue weighted by molar-refractivity contribution is 0.0696. The number of carbonyl (C=O) groups is 1. The van der Waals surface area contributed by atoms with Gasteiger partial charge in [0.2, 0.25) is 5.95 Å². The molecule has 9 nitrogen and oxygen atoms in total. The Kier molecular flexibility index (Phi) is 4.93. The Hall–Kier alpha value is -4.14. The molecule has 4 rings (SSSR count). The fraction of sp³-hybridized carbons (Fsp3) is 0.143. The lowest BCUT2D eigenvalue weighted by Crippen LogP contribution is -2.05. The third-order valence-corrected chi connectivity index (χ3v) is 4.64. The van der Waals surface area contributed by atoms with Gasteiger partial charge in [0.05, 0.1) is 11.1 Å². The largest absolute Gasteiger partial charge is 0.478 e. The van der Waals surface area contributed by atoms with Gasteiger partial charge in [0.25, 0.3) is 0 Å². The number of fused-ring (bicyclic) bond motifs is 1. The summed E-state index contributed by atoms with van der Waals surface area (Å²) >= 11 is 0. The Bertz CT molecular complexity index is 1310. The van der Waals surface area contributed by atoms with E-state index in [-0.39, 0.29) is 5.56 Å². The zero-order chi connectivity index (χ0) is 21.3. The van der Waals surface area contributed by atoms with Crippen LogP contribution in [0.5, 0.6) is 0 Å². The Morgan fingerprint density at radius 2 is 1.93 bits per heavy atom. The van der Waals surface area contributed by atoms with E-state index in [1.54, 1.807) is 49.5 Å². The van der Waals surface area contributed by atoms with Crippen LogP contribution in [-0.2, 0) is 6.42 Å². The van der Waals surface area contributed by atoms with Crippen molar-refractivity contribution < 1.29 is 14.3 Å². The van der Waals surface area contributed by atoms with E-state index < -0.39 is 11.7 Å². The van der Waals surface area contributed by atoms with Crippen molar-refractivity contribution >= 4 is 40.2 Å². The van der Waals surface area contributed by atoms with E-state index >= 15 is 0 Å². The molecule has 4 N–H and O–H groups in total. The van der Waals surface area contributed by atoms with Crippen LogP contribution in [0.25, 0.3) is 11.1 Å². The van der Waals surface area contributed by atoms with Crippen molar-refractivity contribution in [2.24, 2.45) is 0 Å². The van der Waals surface area contributed by atoms with Gasteiger partial charge in [-0.25, -0.2) is 14.6 Å². The number of hydrogen-bond donors (Lipinski definition) is 4. The van der Waals surface area contributed by atoms with Crippen LogP contribution >= 0.6 is 0 Å². The highest BCUT2D eigenvalue weighted by atomic mass is 16.4. The van der Waals surface area contributed by atoms with Gasteiger partial charge < -0.3 is 20.2 Å². The molecule has 0 aliphatic rings. The average Bonchev–Trinajstić information content (AvgIpc) is 3.07. The third-order valence-electron chi connectivity index (χ3n) is 4.64. The monoisotopic (exact) mass is 405 g/mol. The van der Waals surface area contributed by atoms with E-state index in [4.69, 9.17) is 9.52 Å². The summed E-state index contributed by atoms with van der Waals surface area (Å²) in [6, 6.07) is 10.2. The molecule has 0 amide bonds. The molecule has 0 aliphatic carbocycles. The van der Waals surface area contributed by atoms with E-state index in [0.29, 0.717) is 34.1 Å². The van der Waals surface area contributed by atoms with Gasteiger partial charge in [0.1, 0.15) is 5.82 Å². The van der Waals surface area contributed by atoms with Gasteiger partial charge in [0.15, 0.2) is 5.58 Å². The third kappa shape index (κ3) is 3.86. The number of oxazole rings is 1. The molecule has 0 saturated heterocycles. The lowest BCUT2D eigenvalue weighted by atomic mass is 10.1. The summed E-state index contributed by atoms with van der Waals surface area (Å²) in [4.78, 5) is 34.1. The Morgan fingerprint density at radius 3 is 2.67 bits per heavy atom. The second-order valence-electron chi connectivity index (χ2n) is 6.73. The minimum absolute atomic E-state index is 0.248. The van der Waals surface area contributed by atoms with Crippen molar-refractivity contribution in [3.05, 3.63) is 69.8 Å². The Balaban J connectivity index is 1.62. The second-order valence-corrected chi connectivity index (χ2v) is 6.73. The van der Waals surface area contributed by atoms with Crippen LogP contribution in [0.15, 0.2) is 51.8 Å². The molecule has 0 atom stereocenters. The van der Waals surface area contributed by atoms with Crippen LogP contribution in [0.2, 0.25) is 0 Å². The van der Waals surface area contributed by atoms with Gasteiger partial charge in [-0.1, -0.05) is 6.92 Å². The first kappa shape index (κ1) is 19.2. The predicted octanol–water partition coefficient (Wildman–Crippen LogP) is 3.97. The summed E-state index contributed by atoms with van der Waals surface area (Å²) in [6.07, 6.45) is 2.45. The molecule has 0 spiro atoms. The number of benzene rings is 2. The Morgan fingerprint density at radius 1 is 1.17 bits per heavy atom. The molecule has 0 aliphatic heterocycles. The van der Waals surface area contributed by atoms with Crippen LogP contribution < -0.4 is 16.4 Å². The molecule has 0 radical (unpaired) electrons. The standard InChI is InChI=1S/C21H19N5O4/c1-3-12-10-22-20(24-13-4-6-15(19(27)28)11(2)8-13)26-18(12)23-14-5-7-17-16(9-14)25-21(29)30-17/h4-10H,3H2,1-2H3,(H,25,29)(H,27,28)(H2,22,23,24,26). The minimum atomic E-state index is -0.968. The number of nitrogens with zero attached hydrogens (tertiary/aromatic N) is 2. The summed E-state index contributed by atoms with van der Waals surface area (Å²) in [7, 11) is 0. The van der Waals surface area contributed by atoms with Crippen LogP contribution in [0.3, 0.4) is 0 Å². The fourth-order valence-electron chi connectivity index (χ4n) is 3.11. The number of carboxylic acids is 1.